The van der Waals surface area contributed by atoms with E-state index >= 15 is 0 Å². The van der Waals surface area contributed by atoms with Crippen molar-refractivity contribution in [2.75, 3.05) is 13.1 Å². The second-order valence-electron chi connectivity index (χ2n) is 5.00. The van der Waals surface area contributed by atoms with Gasteiger partial charge in [-0.3, -0.25) is 0 Å². The van der Waals surface area contributed by atoms with Gasteiger partial charge in [-0.2, -0.15) is 0 Å². The van der Waals surface area contributed by atoms with Crippen molar-refractivity contribution in [3.63, 3.8) is 0 Å². The summed E-state index contributed by atoms with van der Waals surface area (Å²) < 4.78 is 2.11. The van der Waals surface area contributed by atoms with Crippen LogP contribution in [-0.4, -0.2) is 22.6 Å². The zero-order valence-corrected chi connectivity index (χ0v) is 10.5. The average Bonchev–Trinajstić information content (AvgIpc) is 2.94. The molecule has 18 heavy (non-hydrogen) atoms. The summed E-state index contributed by atoms with van der Waals surface area (Å²) in [5.74, 6) is 0.816. The summed E-state index contributed by atoms with van der Waals surface area (Å²) in [6, 6.07) is 8.66. The second-order valence-corrected chi connectivity index (χ2v) is 5.00. The lowest BCUT2D eigenvalue weighted by Crippen LogP contribution is -2.28. The second kappa shape index (κ2) is 5.36. The zero-order chi connectivity index (χ0) is 12.2. The van der Waals surface area contributed by atoms with Gasteiger partial charge in [0.25, 0.3) is 0 Å². The van der Waals surface area contributed by atoms with Crippen LogP contribution in [0, 0.1) is 5.92 Å². The van der Waals surface area contributed by atoms with Crippen LogP contribution in [0.25, 0.3) is 5.69 Å². The number of benzene rings is 1. The molecule has 1 N–H and O–H groups in total. The molecule has 1 aliphatic heterocycles. The molecule has 1 aromatic heterocycles. The Hall–Kier alpha value is -1.61. The largest absolute Gasteiger partial charge is 0.317 e. The third-order valence-corrected chi connectivity index (χ3v) is 3.74. The van der Waals surface area contributed by atoms with Crippen LogP contribution >= 0.6 is 0 Å². The molecule has 0 radical (unpaired) electrons. The van der Waals surface area contributed by atoms with Gasteiger partial charge in [0.05, 0.1) is 6.33 Å². The van der Waals surface area contributed by atoms with E-state index in [-0.39, 0.29) is 0 Å². The van der Waals surface area contributed by atoms with E-state index < -0.39 is 0 Å². The van der Waals surface area contributed by atoms with Crippen LogP contribution in [0.4, 0.5) is 0 Å². The smallest absolute Gasteiger partial charge is 0.0991 e. The van der Waals surface area contributed by atoms with Crippen LogP contribution in [0.15, 0.2) is 43.0 Å². The minimum atomic E-state index is 0.816. The summed E-state index contributed by atoms with van der Waals surface area (Å²) in [7, 11) is 0. The first-order valence-electron chi connectivity index (χ1n) is 6.70. The lowest BCUT2D eigenvalue weighted by molar-refractivity contribution is 0.372. The molecule has 0 spiro atoms. The highest BCUT2D eigenvalue weighted by molar-refractivity contribution is 5.41. The average molecular weight is 241 g/mol. The van der Waals surface area contributed by atoms with Gasteiger partial charge >= 0.3 is 0 Å². The molecule has 0 amide bonds. The molecular weight excluding hydrogens is 222 g/mol. The van der Waals surface area contributed by atoms with Crippen molar-refractivity contribution < 1.29 is 0 Å². The number of rotatable bonds is 3. The number of hydrogen-bond acceptors (Lipinski definition) is 2. The molecule has 3 rings (SSSR count). The molecule has 0 saturated carbocycles. The minimum Gasteiger partial charge on any atom is -0.317 e. The number of imidazole rings is 1. The number of nitrogens with zero attached hydrogens (tertiary/aromatic N) is 2. The molecule has 94 valence electrons. The predicted molar refractivity (Wildman–Crippen MR) is 72.9 cm³/mol. The summed E-state index contributed by atoms with van der Waals surface area (Å²) in [5, 5.41) is 3.43. The Bertz CT molecular complexity index is 484. The van der Waals surface area contributed by atoms with Gasteiger partial charge in [-0.25, -0.2) is 4.98 Å². The Kier molecular flexibility index (Phi) is 3.42. The summed E-state index contributed by atoms with van der Waals surface area (Å²) in [6.45, 7) is 2.33. The van der Waals surface area contributed by atoms with Gasteiger partial charge in [0.15, 0.2) is 0 Å². The molecule has 3 nitrogen and oxygen atoms in total. The Balaban J connectivity index is 1.83. The van der Waals surface area contributed by atoms with Crippen molar-refractivity contribution in [2.45, 2.75) is 19.3 Å². The fourth-order valence-corrected chi connectivity index (χ4v) is 2.73. The van der Waals surface area contributed by atoms with E-state index in [0.717, 1.165) is 19.0 Å². The molecule has 2 aromatic rings. The molecule has 2 heterocycles. The lowest BCUT2D eigenvalue weighted by atomic mass is 9.90. The monoisotopic (exact) mass is 241 g/mol. The molecule has 0 aliphatic carbocycles. The van der Waals surface area contributed by atoms with E-state index in [2.05, 4.69) is 39.1 Å². The van der Waals surface area contributed by atoms with Crippen molar-refractivity contribution in [3.05, 3.63) is 48.5 Å². The topological polar surface area (TPSA) is 29.9 Å². The van der Waals surface area contributed by atoms with Crippen LogP contribution < -0.4 is 5.32 Å². The highest BCUT2D eigenvalue weighted by Crippen LogP contribution is 2.22. The van der Waals surface area contributed by atoms with Crippen molar-refractivity contribution in [1.29, 1.82) is 0 Å². The quantitative estimate of drug-likeness (QED) is 0.894. The van der Waals surface area contributed by atoms with E-state index in [1.54, 1.807) is 0 Å². The normalized spacial score (nSPS) is 16.9. The number of hydrogen-bond donors (Lipinski definition) is 1. The highest BCUT2D eigenvalue weighted by Gasteiger charge is 2.15. The SMILES string of the molecule is c1ccc(-n2ccnc2)c(CC2CCNCC2)c1. The maximum absolute atomic E-state index is 4.14. The van der Waals surface area contributed by atoms with Crippen LogP contribution in [0.5, 0.6) is 0 Å². The van der Waals surface area contributed by atoms with Crippen molar-refractivity contribution in [2.24, 2.45) is 5.92 Å². The van der Waals surface area contributed by atoms with E-state index in [1.165, 1.54) is 30.5 Å². The van der Waals surface area contributed by atoms with Gasteiger partial charge in [-0.05, 0) is 49.9 Å². The number of nitrogens with one attached hydrogen (secondary N) is 1. The minimum absolute atomic E-state index is 0.816. The van der Waals surface area contributed by atoms with E-state index in [9.17, 15) is 0 Å². The van der Waals surface area contributed by atoms with Crippen LogP contribution in [0.1, 0.15) is 18.4 Å². The van der Waals surface area contributed by atoms with Gasteiger partial charge in [0, 0.05) is 18.1 Å². The first kappa shape index (κ1) is 11.5. The van der Waals surface area contributed by atoms with Crippen LogP contribution in [0.2, 0.25) is 0 Å². The lowest BCUT2D eigenvalue weighted by Gasteiger charge is -2.23. The number of aromatic nitrogens is 2. The predicted octanol–water partition coefficient (Wildman–Crippen LogP) is 2.41. The fourth-order valence-electron chi connectivity index (χ4n) is 2.73. The molecule has 1 aliphatic rings. The van der Waals surface area contributed by atoms with Crippen molar-refractivity contribution >= 4 is 0 Å². The summed E-state index contributed by atoms with van der Waals surface area (Å²) in [5.41, 5.74) is 2.70. The molecule has 0 bridgehead atoms. The molecular formula is C15H19N3. The van der Waals surface area contributed by atoms with Gasteiger partial charge in [0.1, 0.15) is 0 Å². The van der Waals surface area contributed by atoms with E-state index in [1.807, 2.05) is 18.7 Å². The molecule has 0 unspecified atom stereocenters. The third-order valence-electron chi connectivity index (χ3n) is 3.74. The van der Waals surface area contributed by atoms with Crippen molar-refractivity contribution in [3.8, 4) is 5.69 Å². The Labute approximate surface area is 108 Å². The zero-order valence-electron chi connectivity index (χ0n) is 10.5. The Morgan fingerprint density at radius 3 is 2.83 bits per heavy atom. The van der Waals surface area contributed by atoms with Gasteiger partial charge in [-0.15, -0.1) is 0 Å². The van der Waals surface area contributed by atoms with Gasteiger partial charge in [0.2, 0.25) is 0 Å². The summed E-state index contributed by atoms with van der Waals surface area (Å²) >= 11 is 0. The van der Waals surface area contributed by atoms with Crippen LogP contribution in [0.3, 0.4) is 0 Å². The molecule has 3 heteroatoms. The maximum atomic E-state index is 4.14. The molecule has 0 atom stereocenters. The van der Waals surface area contributed by atoms with Gasteiger partial charge < -0.3 is 9.88 Å². The first-order valence-corrected chi connectivity index (χ1v) is 6.70. The fraction of sp³-hybridized carbons (Fsp3) is 0.400. The van der Waals surface area contributed by atoms with E-state index in [0.29, 0.717) is 0 Å². The van der Waals surface area contributed by atoms with Crippen LogP contribution in [-0.2, 0) is 6.42 Å². The van der Waals surface area contributed by atoms with Gasteiger partial charge in [-0.1, -0.05) is 18.2 Å². The Morgan fingerprint density at radius 2 is 2.06 bits per heavy atom. The molecule has 1 saturated heterocycles. The first-order chi connectivity index (χ1) is 8.93. The summed E-state index contributed by atoms with van der Waals surface area (Å²) in [6.07, 6.45) is 9.48. The maximum Gasteiger partial charge on any atom is 0.0991 e. The molecule has 1 fully saturated rings. The number of piperidine rings is 1. The summed E-state index contributed by atoms with van der Waals surface area (Å²) in [4.78, 5) is 4.14. The third kappa shape index (κ3) is 2.46. The Morgan fingerprint density at radius 1 is 1.22 bits per heavy atom. The van der Waals surface area contributed by atoms with E-state index in [4.69, 9.17) is 0 Å². The van der Waals surface area contributed by atoms with Crippen molar-refractivity contribution in [1.82, 2.24) is 14.9 Å². The standard InChI is InChI=1S/C15H19N3/c1-2-4-15(18-10-9-17-12-18)14(3-1)11-13-5-7-16-8-6-13/h1-4,9-10,12-13,16H,5-8,11H2. The molecule has 1 aromatic carbocycles. The highest BCUT2D eigenvalue weighted by atomic mass is 15.0. The number of para-hydroxylation sites is 1.